The summed E-state index contributed by atoms with van der Waals surface area (Å²) in [6.07, 6.45) is -9.89. The zero-order valence-electron chi connectivity index (χ0n) is 14.3. The molecule has 2 aromatic rings. The number of halogens is 6. The number of rotatable bonds is 4. The van der Waals surface area contributed by atoms with Crippen LogP contribution in [0, 0.1) is 13.8 Å². The summed E-state index contributed by atoms with van der Waals surface area (Å²) in [5.41, 5.74) is -0.940. The molecule has 0 aliphatic heterocycles. The smallest absolute Gasteiger partial charge is 0.376 e. The van der Waals surface area contributed by atoms with Gasteiger partial charge in [0.1, 0.15) is 0 Å². The molecule has 0 saturated heterocycles. The molecule has 0 bridgehead atoms. The molecule has 0 aliphatic carbocycles. The van der Waals surface area contributed by atoms with Gasteiger partial charge < -0.3 is 10.6 Å². The number of amides is 1. The number of aryl methyl sites for hydroxylation is 2. The van der Waals surface area contributed by atoms with E-state index in [1.54, 1.807) is 18.2 Å². The Morgan fingerprint density at radius 3 is 1.85 bits per heavy atom. The second kappa shape index (κ2) is 7.50. The highest BCUT2D eigenvalue weighted by molar-refractivity contribution is 5.93. The lowest BCUT2D eigenvalue weighted by Gasteiger charge is -2.15. The fourth-order valence-corrected chi connectivity index (χ4v) is 2.26. The van der Waals surface area contributed by atoms with Gasteiger partial charge in [0.15, 0.2) is 0 Å². The van der Waals surface area contributed by atoms with Crippen LogP contribution in [0.2, 0.25) is 0 Å². The SMILES string of the molecule is Cc1ccc(NC(=O)CNc2cc(C(F)(F)F)cc(C(F)(F)F)c2)cc1C. The second-order valence-corrected chi connectivity index (χ2v) is 6.00. The van der Waals surface area contributed by atoms with Gasteiger partial charge in [0.2, 0.25) is 5.91 Å². The highest BCUT2D eigenvalue weighted by atomic mass is 19.4. The van der Waals surface area contributed by atoms with Gasteiger partial charge in [0.25, 0.3) is 0 Å². The molecule has 0 saturated carbocycles. The van der Waals surface area contributed by atoms with Crippen molar-refractivity contribution in [1.29, 1.82) is 0 Å². The molecular formula is C18H16F6N2O. The molecule has 0 atom stereocenters. The summed E-state index contributed by atoms with van der Waals surface area (Å²) in [7, 11) is 0. The van der Waals surface area contributed by atoms with Crippen molar-refractivity contribution in [2.75, 3.05) is 17.2 Å². The largest absolute Gasteiger partial charge is 0.416 e. The monoisotopic (exact) mass is 390 g/mol. The van der Waals surface area contributed by atoms with Gasteiger partial charge >= 0.3 is 12.4 Å². The first-order valence-corrected chi connectivity index (χ1v) is 7.77. The zero-order chi connectivity index (χ0) is 20.4. The average molecular weight is 390 g/mol. The molecule has 0 unspecified atom stereocenters. The molecule has 0 heterocycles. The van der Waals surface area contributed by atoms with Crippen molar-refractivity contribution in [3.63, 3.8) is 0 Å². The summed E-state index contributed by atoms with van der Waals surface area (Å²) in [6.45, 7) is 3.23. The first kappa shape index (κ1) is 20.6. The summed E-state index contributed by atoms with van der Waals surface area (Å²) < 4.78 is 76.9. The first-order chi connectivity index (χ1) is 12.4. The topological polar surface area (TPSA) is 41.1 Å². The van der Waals surface area contributed by atoms with Gasteiger partial charge in [0.05, 0.1) is 17.7 Å². The lowest BCUT2D eigenvalue weighted by molar-refractivity contribution is -0.143. The van der Waals surface area contributed by atoms with Gasteiger partial charge in [0, 0.05) is 11.4 Å². The van der Waals surface area contributed by atoms with Crippen molar-refractivity contribution < 1.29 is 31.1 Å². The number of nitrogens with one attached hydrogen (secondary N) is 2. The quantitative estimate of drug-likeness (QED) is 0.687. The molecule has 3 nitrogen and oxygen atoms in total. The maximum absolute atomic E-state index is 12.8. The van der Waals surface area contributed by atoms with Crippen molar-refractivity contribution in [3.8, 4) is 0 Å². The minimum atomic E-state index is -4.95. The molecule has 0 spiro atoms. The minimum Gasteiger partial charge on any atom is -0.376 e. The number of hydrogen-bond acceptors (Lipinski definition) is 2. The zero-order valence-corrected chi connectivity index (χ0v) is 14.3. The summed E-state index contributed by atoms with van der Waals surface area (Å²) in [5, 5.41) is 4.83. The Labute approximate surface area is 151 Å². The number of anilines is 2. The number of alkyl halides is 6. The molecule has 2 aromatic carbocycles. The Hall–Kier alpha value is -2.71. The van der Waals surface area contributed by atoms with Crippen LogP contribution >= 0.6 is 0 Å². The van der Waals surface area contributed by atoms with E-state index in [9.17, 15) is 31.1 Å². The molecule has 27 heavy (non-hydrogen) atoms. The highest BCUT2D eigenvalue weighted by Crippen LogP contribution is 2.37. The van der Waals surface area contributed by atoms with Crippen LogP contribution in [0.1, 0.15) is 22.3 Å². The molecule has 2 N–H and O–H groups in total. The first-order valence-electron chi connectivity index (χ1n) is 7.77. The summed E-state index contributed by atoms with van der Waals surface area (Å²) in [6, 6.07) is 6.21. The third-order valence-electron chi connectivity index (χ3n) is 3.83. The van der Waals surface area contributed by atoms with Gasteiger partial charge in [-0.15, -0.1) is 0 Å². The van der Waals surface area contributed by atoms with Crippen molar-refractivity contribution in [2.45, 2.75) is 26.2 Å². The van der Waals surface area contributed by atoms with Crippen LogP contribution in [0.4, 0.5) is 37.7 Å². The van der Waals surface area contributed by atoms with Crippen LogP contribution in [-0.4, -0.2) is 12.5 Å². The lowest BCUT2D eigenvalue weighted by atomic mass is 10.1. The fourth-order valence-electron chi connectivity index (χ4n) is 2.26. The Morgan fingerprint density at radius 2 is 1.37 bits per heavy atom. The molecule has 2 rings (SSSR count). The second-order valence-electron chi connectivity index (χ2n) is 6.00. The van der Waals surface area contributed by atoms with Crippen LogP contribution in [0.15, 0.2) is 36.4 Å². The molecule has 0 aromatic heterocycles. The van der Waals surface area contributed by atoms with Gasteiger partial charge in [-0.2, -0.15) is 26.3 Å². The van der Waals surface area contributed by atoms with Gasteiger partial charge in [-0.05, 0) is 55.3 Å². The van der Waals surface area contributed by atoms with E-state index >= 15 is 0 Å². The van der Waals surface area contributed by atoms with Crippen LogP contribution in [0.3, 0.4) is 0 Å². The molecule has 0 fully saturated rings. The van der Waals surface area contributed by atoms with Crippen LogP contribution < -0.4 is 10.6 Å². The van der Waals surface area contributed by atoms with E-state index in [2.05, 4.69) is 10.6 Å². The maximum atomic E-state index is 12.8. The Morgan fingerprint density at radius 1 is 0.815 bits per heavy atom. The molecule has 0 aliphatic rings. The Kier molecular flexibility index (Phi) is 5.72. The third-order valence-corrected chi connectivity index (χ3v) is 3.83. The van der Waals surface area contributed by atoms with E-state index < -0.39 is 41.6 Å². The average Bonchev–Trinajstić information content (AvgIpc) is 2.54. The van der Waals surface area contributed by atoms with Gasteiger partial charge in [-0.1, -0.05) is 6.07 Å². The van der Waals surface area contributed by atoms with E-state index in [4.69, 9.17) is 0 Å². The van der Waals surface area contributed by atoms with E-state index in [0.29, 0.717) is 17.8 Å². The van der Waals surface area contributed by atoms with E-state index in [1.165, 1.54) is 0 Å². The van der Waals surface area contributed by atoms with E-state index in [1.807, 2.05) is 13.8 Å². The van der Waals surface area contributed by atoms with E-state index in [-0.39, 0.29) is 6.07 Å². The Bertz CT molecular complexity index is 810. The minimum absolute atomic E-state index is 0.0281. The predicted octanol–water partition coefficient (Wildman–Crippen LogP) is 5.39. The third kappa shape index (κ3) is 5.63. The molecule has 146 valence electrons. The summed E-state index contributed by atoms with van der Waals surface area (Å²) in [5.74, 6) is -0.607. The fraction of sp³-hybridized carbons (Fsp3) is 0.278. The van der Waals surface area contributed by atoms with Crippen molar-refractivity contribution in [2.24, 2.45) is 0 Å². The molecule has 1 amide bonds. The van der Waals surface area contributed by atoms with Crippen LogP contribution in [0.5, 0.6) is 0 Å². The number of benzene rings is 2. The lowest BCUT2D eigenvalue weighted by Crippen LogP contribution is -2.22. The van der Waals surface area contributed by atoms with Crippen molar-refractivity contribution >= 4 is 17.3 Å². The summed E-state index contributed by atoms with van der Waals surface area (Å²) >= 11 is 0. The number of carbonyl (C=O) groups excluding carboxylic acids is 1. The molecule has 0 radical (unpaired) electrons. The predicted molar refractivity (Wildman–Crippen MR) is 89.5 cm³/mol. The standard InChI is InChI=1S/C18H16F6N2O/c1-10-3-4-14(5-11(10)2)26-16(27)9-25-15-7-12(17(19,20)21)6-13(8-15)18(22,23)24/h3-8,25H,9H2,1-2H3,(H,26,27). The van der Waals surface area contributed by atoms with Crippen molar-refractivity contribution in [1.82, 2.24) is 0 Å². The summed E-state index contributed by atoms with van der Waals surface area (Å²) in [4.78, 5) is 11.9. The van der Waals surface area contributed by atoms with Gasteiger partial charge in [-0.25, -0.2) is 0 Å². The number of carbonyl (C=O) groups is 1. The van der Waals surface area contributed by atoms with Crippen molar-refractivity contribution in [3.05, 3.63) is 58.7 Å². The normalized spacial score (nSPS) is 12.0. The Balaban J connectivity index is 2.14. The molecule has 9 heteroatoms. The van der Waals surface area contributed by atoms with Crippen LogP contribution in [0.25, 0.3) is 0 Å². The van der Waals surface area contributed by atoms with Gasteiger partial charge in [-0.3, -0.25) is 4.79 Å². The van der Waals surface area contributed by atoms with E-state index in [0.717, 1.165) is 11.1 Å². The number of hydrogen-bond donors (Lipinski definition) is 2. The molecular weight excluding hydrogens is 374 g/mol. The highest BCUT2D eigenvalue weighted by Gasteiger charge is 2.36. The maximum Gasteiger partial charge on any atom is 0.416 e. The van der Waals surface area contributed by atoms with Crippen LogP contribution in [-0.2, 0) is 17.1 Å².